The molecule has 1 aromatic heterocycles. The second kappa shape index (κ2) is 7.32. The van der Waals surface area contributed by atoms with E-state index >= 15 is 0 Å². The summed E-state index contributed by atoms with van der Waals surface area (Å²) in [6.07, 6.45) is -6.74. The fourth-order valence-corrected chi connectivity index (χ4v) is 3.25. The number of fused-ring (bicyclic) bond motifs is 1. The third-order valence-electron chi connectivity index (χ3n) is 3.39. The van der Waals surface area contributed by atoms with Crippen molar-refractivity contribution in [1.29, 1.82) is 0 Å². The maximum Gasteiger partial charge on any atom is 0.390 e. The van der Waals surface area contributed by atoms with Crippen LogP contribution in [-0.4, -0.2) is 35.8 Å². The molecule has 1 amide bonds. The van der Waals surface area contributed by atoms with E-state index in [1.807, 2.05) is 0 Å². The van der Waals surface area contributed by atoms with Crippen molar-refractivity contribution in [2.45, 2.75) is 25.6 Å². The van der Waals surface area contributed by atoms with Crippen LogP contribution >= 0.6 is 0 Å². The van der Waals surface area contributed by atoms with E-state index in [0.717, 1.165) is 4.57 Å². The summed E-state index contributed by atoms with van der Waals surface area (Å²) in [7, 11) is -4.44. The first kappa shape index (κ1) is 19.7. The molecule has 0 radical (unpaired) electrons. The van der Waals surface area contributed by atoms with Gasteiger partial charge in [0.25, 0.3) is 5.56 Å². The van der Waals surface area contributed by atoms with E-state index in [-0.39, 0.29) is 17.4 Å². The first-order valence-corrected chi connectivity index (χ1v) is 8.96. The monoisotopic (exact) mass is 393 g/mol. The van der Waals surface area contributed by atoms with Gasteiger partial charge in [0.05, 0.1) is 23.1 Å². The number of alkyl halides is 3. The van der Waals surface area contributed by atoms with Gasteiger partial charge in [0.15, 0.2) is 0 Å². The minimum absolute atomic E-state index is 0.199. The van der Waals surface area contributed by atoms with Gasteiger partial charge in [-0.05, 0) is 12.1 Å². The van der Waals surface area contributed by atoms with Crippen LogP contribution in [0.5, 0.6) is 0 Å². The van der Waals surface area contributed by atoms with Crippen molar-refractivity contribution < 1.29 is 26.4 Å². The van der Waals surface area contributed by atoms with Gasteiger partial charge in [0.2, 0.25) is 15.9 Å². The molecule has 1 heterocycles. The highest BCUT2D eigenvalue weighted by Crippen LogP contribution is 2.19. The molecule has 0 saturated heterocycles. The quantitative estimate of drug-likeness (QED) is 0.740. The molecule has 142 valence electrons. The van der Waals surface area contributed by atoms with Gasteiger partial charge in [-0.15, -0.1) is 0 Å². The zero-order valence-corrected chi connectivity index (χ0v) is 14.0. The highest BCUT2D eigenvalue weighted by Gasteiger charge is 2.30. The number of aryl methyl sites for hydroxylation is 1. The number of amides is 1. The highest BCUT2D eigenvalue weighted by molar-refractivity contribution is 7.90. The predicted molar refractivity (Wildman–Crippen MR) is 86.0 cm³/mol. The van der Waals surface area contributed by atoms with Gasteiger partial charge in [-0.3, -0.25) is 23.9 Å². The van der Waals surface area contributed by atoms with E-state index in [4.69, 9.17) is 0 Å². The number of para-hydroxylation sites is 1. The number of carbonyl (C=O) groups is 1. The van der Waals surface area contributed by atoms with Crippen molar-refractivity contribution in [1.82, 2.24) is 14.3 Å². The number of rotatable bonds is 6. The summed E-state index contributed by atoms with van der Waals surface area (Å²) >= 11 is 0. The van der Waals surface area contributed by atoms with E-state index in [1.165, 1.54) is 16.9 Å². The molecule has 0 fully saturated rings. The van der Waals surface area contributed by atoms with Crippen molar-refractivity contribution in [3.63, 3.8) is 0 Å². The molecule has 12 heteroatoms. The van der Waals surface area contributed by atoms with Gasteiger partial charge >= 0.3 is 11.9 Å². The predicted octanol–water partition coefficient (Wildman–Crippen LogP) is 0.478. The van der Waals surface area contributed by atoms with E-state index in [9.17, 15) is 36.0 Å². The molecule has 0 unspecified atom stereocenters. The van der Waals surface area contributed by atoms with Crippen molar-refractivity contribution in [3.8, 4) is 0 Å². The van der Waals surface area contributed by atoms with E-state index < -0.39 is 52.0 Å². The van der Waals surface area contributed by atoms with Gasteiger partial charge in [-0.2, -0.15) is 13.2 Å². The summed E-state index contributed by atoms with van der Waals surface area (Å²) < 4.78 is 61.8. The topological polar surface area (TPSA) is 118 Å². The number of halogens is 3. The molecule has 0 spiro atoms. The maximum atomic E-state index is 12.1. The Labute approximate surface area is 144 Å². The second-order valence-electron chi connectivity index (χ2n) is 5.39. The standard InChI is InChI=1S/C14H14F3N3O5S/c15-14(16,17)6-8-26(24,25)19-11(21)5-7-20-10-4-2-1-3-9(10)12(22)18-13(20)23/h1-4H,5-8H2,(H,19,21)(H,18,22,23). The lowest BCUT2D eigenvalue weighted by molar-refractivity contribution is -0.130. The second-order valence-corrected chi connectivity index (χ2v) is 7.23. The first-order chi connectivity index (χ1) is 12.0. The molecular weight excluding hydrogens is 379 g/mol. The summed E-state index contributed by atoms with van der Waals surface area (Å²) in [6.45, 7) is -0.267. The molecule has 26 heavy (non-hydrogen) atoms. The molecular formula is C14H14F3N3O5S. The van der Waals surface area contributed by atoms with Gasteiger partial charge < -0.3 is 0 Å². The molecule has 0 bridgehead atoms. The molecule has 0 aliphatic carbocycles. The molecule has 2 rings (SSSR count). The molecule has 0 aliphatic heterocycles. The molecule has 8 nitrogen and oxygen atoms in total. The summed E-state index contributed by atoms with van der Waals surface area (Å²) in [6, 6.07) is 6.08. The van der Waals surface area contributed by atoms with Crippen LogP contribution in [0, 0.1) is 0 Å². The van der Waals surface area contributed by atoms with Crippen molar-refractivity contribution in [2.75, 3.05) is 5.75 Å². The Morgan fingerprint density at radius 2 is 1.85 bits per heavy atom. The third kappa shape index (κ3) is 5.18. The van der Waals surface area contributed by atoms with Crippen LogP contribution in [0.15, 0.2) is 33.9 Å². The Hall–Kier alpha value is -2.63. The van der Waals surface area contributed by atoms with Crippen LogP contribution in [0.3, 0.4) is 0 Å². The summed E-state index contributed by atoms with van der Waals surface area (Å²) in [5.74, 6) is -2.33. The number of nitrogens with one attached hydrogen (secondary N) is 2. The number of aromatic amines is 1. The number of sulfonamides is 1. The zero-order chi connectivity index (χ0) is 19.5. The Morgan fingerprint density at radius 1 is 1.19 bits per heavy atom. The van der Waals surface area contributed by atoms with Crippen molar-refractivity contribution >= 4 is 26.8 Å². The van der Waals surface area contributed by atoms with Gasteiger partial charge in [-0.1, -0.05) is 12.1 Å². The Bertz CT molecular complexity index is 1040. The van der Waals surface area contributed by atoms with E-state index in [2.05, 4.69) is 4.98 Å². The van der Waals surface area contributed by atoms with Crippen LogP contribution in [0.4, 0.5) is 13.2 Å². The average molecular weight is 393 g/mol. The molecule has 0 aliphatic rings. The largest absolute Gasteiger partial charge is 0.390 e. The number of hydrogen-bond acceptors (Lipinski definition) is 5. The normalized spacial score (nSPS) is 12.3. The lowest BCUT2D eigenvalue weighted by Crippen LogP contribution is -2.36. The number of H-pyrrole nitrogens is 1. The molecule has 2 aromatic rings. The SMILES string of the molecule is O=C(CCn1c(=O)[nH]c(=O)c2ccccc21)NS(=O)(=O)CCC(F)(F)F. The Balaban J connectivity index is 2.10. The van der Waals surface area contributed by atoms with Gasteiger partial charge in [-0.25, -0.2) is 13.2 Å². The minimum atomic E-state index is -4.67. The van der Waals surface area contributed by atoms with Crippen molar-refractivity contribution in [3.05, 3.63) is 45.1 Å². The highest BCUT2D eigenvalue weighted by atomic mass is 32.2. The number of hydrogen-bond donors (Lipinski definition) is 2. The molecule has 2 N–H and O–H groups in total. The molecule has 0 saturated carbocycles. The fraction of sp³-hybridized carbons (Fsp3) is 0.357. The zero-order valence-electron chi connectivity index (χ0n) is 13.2. The smallest absolute Gasteiger partial charge is 0.293 e. The minimum Gasteiger partial charge on any atom is -0.293 e. The lowest BCUT2D eigenvalue weighted by Gasteiger charge is -2.11. The van der Waals surface area contributed by atoms with Crippen molar-refractivity contribution in [2.24, 2.45) is 0 Å². The number of nitrogens with zero attached hydrogens (tertiary/aromatic N) is 1. The van der Waals surface area contributed by atoms with Gasteiger partial charge in [0.1, 0.15) is 0 Å². The van der Waals surface area contributed by atoms with Crippen LogP contribution in [0.2, 0.25) is 0 Å². The van der Waals surface area contributed by atoms with Crippen LogP contribution in [-0.2, 0) is 21.4 Å². The summed E-state index contributed by atoms with van der Waals surface area (Å²) in [5.41, 5.74) is -1.16. The van der Waals surface area contributed by atoms with E-state index in [0.29, 0.717) is 0 Å². The molecule has 0 atom stereocenters. The first-order valence-electron chi connectivity index (χ1n) is 7.30. The Morgan fingerprint density at radius 3 is 2.50 bits per heavy atom. The molecule has 1 aromatic carbocycles. The lowest BCUT2D eigenvalue weighted by atomic mass is 10.2. The fourth-order valence-electron chi connectivity index (χ4n) is 2.20. The number of aromatic nitrogens is 2. The van der Waals surface area contributed by atoms with Crippen LogP contribution in [0.1, 0.15) is 12.8 Å². The van der Waals surface area contributed by atoms with Gasteiger partial charge in [0, 0.05) is 13.0 Å². The van der Waals surface area contributed by atoms with Crippen LogP contribution < -0.4 is 16.0 Å². The van der Waals surface area contributed by atoms with E-state index in [1.54, 1.807) is 12.1 Å². The average Bonchev–Trinajstić information content (AvgIpc) is 2.52. The summed E-state index contributed by atoms with van der Waals surface area (Å²) in [4.78, 5) is 37.4. The third-order valence-corrected chi connectivity index (χ3v) is 4.67. The van der Waals surface area contributed by atoms with Crippen LogP contribution in [0.25, 0.3) is 10.9 Å². The maximum absolute atomic E-state index is 12.1. The summed E-state index contributed by atoms with van der Waals surface area (Å²) in [5, 5.41) is 0.199. The number of carbonyl (C=O) groups excluding carboxylic acids is 1. The Kier molecular flexibility index (Phi) is 5.54. The number of benzene rings is 1.